The van der Waals surface area contributed by atoms with Gasteiger partial charge in [-0.25, -0.2) is 18.7 Å². The lowest BCUT2D eigenvalue weighted by atomic mass is 10.2. The van der Waals surface area contributed by atoms with E-state index in [-0.39, 0.29) is 21.6 Å². The van der Waals surface area contributed by atoms with Crippen LogP contribution >= 0.6 is 35.0 Å². The highest BCUT2D eigenvalue weighted by molar-refractivity contribution is 7.98. The third-order valence-corrected chi connectivity index (χ3v) is 4.59. The molecule has 0 fully saturated rings. The molecule has 0 saturated heterocycles. The molecule has 0 saturated carbocycles. The molecule has 8 heteroatoms. The summed E-state index contributed by atoms with van der Waals surface area (Å²) in [5, 5.41) is 0.727. The van der Waals surface area contributed by atoms with Gasteiger partial charge in [0.2, 0.25) is 0 Å². The Kier molecular flexibility index (Phi) is 8.28. The van der Waals surface area contributed by atoms with Crippen molar-refractivity contribution in [2.45, 2.75) is 10.9 Å². The molecular weight excluding hydrogens is 411 g/mol. The predicted octanol–water partition coefficient (Wildman–Crippen LogP) is 6.11. The fourth-order valence-electron chi connectivity index (χ4n) is 1.96. The van der Waals surface area contributed by atoms with Gasteiger partial charge in [0, 0.05) is 37.2 Å². The highest BCUT2D eigenvalue weighted by Gasteiger charge is 2.09. The van der Waals surface area contributed by atoms with E-state index in [9.17, 15) is 8.78 Å². The molecule has 2 aromatic carbocycles. The van der Waals surface area contributed by atoms with E-state index >= 15 is 0 Å². The van der Waals surface area contributed by atoms with Gasteiger partial charge in [-0.15, -0.1) is 0 Å². The number of hydrogen-bond acceptors (Lipinski definition) is 4. The van der Waals surface area contributed by atoms with Crippen LogP contribution < -0.4 is 4.90 Å². The molecule has 0 aliphatic heterocycles. The predicted molar refractivity (Wildman–Crippen MR) is 109 cm³/mol. The van der Waals surface area contributed by atoms with Crippen LogP contribution in [0.4, 0.5) is 14.5 Å². The van der Waals surface area contributed by atoms with Gasteiger partial charge in [-0.2, -0.15) is 0 Å². The molecule has 0 atom stereocenters. The maximum Gasteiger partial charge on any atom is 0.190 e. The number of nitrogens with zero attached hydrogens (tertiary/aromatic N) is 3. The first-order chi connectivity index (χ1) is 12.9. The van der Waals surface area contributed by atoms with Crippen molar-refractivity contribution < 1.29 is 8.78 Å². The molecule has 0 unspecified atom stereocenters. The molecule has 0 aliphatic rings. The molecule has 0 N–H and O–H groups in total. The van der Waals surface area contributed by atoms with E-state index in [1.54, 1.807) is 0 Å². The zero-order valence-electron chi connectivity index (χ0n) is 14.7. The second-order valence-electron chi connectivity index (χ2n) is 5.53. The van der Waals surface area contributed by atoms with Crippen LogP contribution in [0.3, 0.4) is 0 Å². The molecule has 0 amide bonds. The van der Waals surface area contributed by atoms with Gasteiger partial charge in [-0.1, -0.05) is 65.3 Å². The second kappa shape index (κ2) is 10.4. The Morgan fingerprint density at radius 1 is 0.926 bits per heavy atom. The molecule has 0 bridgehead atoms. The average Bonchev–Trinajstić information content (AvgIpc) is 2.63. The summed E-state index contributed by atoms with van der Waals surface area (Å²) in [5.41, 5.74) is 1.48. The first-order valence-corrected chi connectivity index (χ1v) is 9.59. The van der Waals surface area contributed by atoms with Crippen LogP contribution in [0.5, 0.6) is 0 Å². The van der Waals surface area contributed by atoms with Gasteiger partial charge in [-0.05, 0) is 18.2 Å². The standard InChI is InChI=1S/C11H6Cl2F2N2S.C8H11N/c12-8-4-9(13)17-11(16-8)18-5-6-2-1-3-7(14)10(6)15;1-9(2)8-6-4-3-5-7-8/h1-4H,5H2;3-7H,1-2H3. The first kappa shape index (κ1) is 21.4. The van der Waals surface area contributed by atoms with Gasteiger partial charge >= 0.3 is 0 Å². The van der Waals surface area contributed by atoms with Crippen molar-refractivity contribution in [3.05, 3.63) is 82.1 Å². The minimum Gasteiger partial charge on any atom is -0.378 e. The molecule has 1 heterocycles. The molecule has 3 aromatic rings. The van der Waals surface area contributed by atoms with E-state index in [0.29, 0.717) is 5.16 Å². The Labute approximate surface area is 171 Å². The second-order valence-corrected chi connectivity index (χ2v) is 7.24. The summed E-state index contributed by atoms with van der Waals surface area (Å²) < 4.78 is 26.4. The summed E-state index contributed by atoms with van der Waals surface area (Å²) in [4.78, 5) is 9.92. The minimum atomic E-state index is -0.877. The van der Waals surface area contributed by atoms with Gasteiger partial charge in [0.05, 0.1) is 0 Å². The Bertz CT molecular complexity index is 860. The number of rotatable bonds is 4. The van der Waals surface area contributed by atoms with E-state index in [0.717, 1.165) is 17.8 Å². The van der Waals surface area contributed by atoms with E-state index in [4.69, 9.17) is 23.2 Å². The lowest BCUT2D eigenvalue weighted by molar-refractivity contribution is 0.502. The lowest BCUT2D eigenvalue weighted by Gasteiger charge is -2.10. The number of para-hydroxylation sites is 1. The van der Waals surface area contributed by atoms with Crippen molar-refractivity contribution in [1.29, 1.82) is 0 Å². The topological polar surface area (TPSA) is 29.0 Å². The third-order valence-electron chi connectivity index (χ3n) is 3.30. The maximum absolute atomic E-state index is 13.4. The molecule has 0 spiro atoms. The summed E-state index contributed by atoms with van der Waals surface area (Å²) >= 11 is 12.5. The zero-order chi connectivity index (χ0) is 19.8. The average molecular weight is 428 g/mol. The maximum atomic E-state index is 13.4. The minimum absolute atomic E-state index is 0.195. The smallest absolute Gasteiger partial charge is 0.190 e. The number of benzene rings is 2. The molecule has 3 rings (SSSR count). The Balaban J connectivity index is 0.000000244. The van der Waals surface area contributed by atoms with Crippen LogP contribution in [-0.4, -0.2) is 24.1 Å². The number of halogens is 4. The van der Waals surface area contributed by atoms with Crippen LogP contribution in [0.2, 0.25) is 10.3 Å². The van der Waals surface area contributed by atoms with Crippen LogP contribution in [0.15, 0.2) is 59.8 Å². The van der Waals surface area contributed by atoms with Crippen molar-refractivity contribution in [2.75, 3.05) is 19.0 Å². The molecular formula is C19H17Cl2F2N3S. The van der Waals surface area contributed by atoms with Gasteiger partial charge in [0.25, 0.3) is 0 Å². The van der Waals surface area contributed by atoms with Gasteiger partial charge in [0.1, 0.15) is 10.3 Å². The monoisotopic (exact) mass is 427 g/mol. The molecule has 142 valence electrons. The number of thioether (sulfide) groups is 1. The summed E-state index contributed by atoms with van der Waals surface area (Å²) in [7, 11) is 4.07. The van der Waals surface area contributed by atoms with Crippen LogP contribution in [0.1, 0.15) is 5.56 Å². The van der Waals surface area contributed by atoms with Gasteiger partial charge < -0.3 is 4.90 Å². The van der Waals surface area contributed by atoms with E-state index in [1.807, 2.05) is 32.3 Å². The van der Waals surface area contributed by atoms with Gasteiger partial charge in [0.15, 0.2) is 16.8 Å². The highest BCUT2D eigenvalue weighted by Crippen LogP contribution is 2.24. The molecule has 0 aliphatic carbocycles. The normalized spacial score (nSPS) is 10.1. The number of hydrogen-bond donors (Lipinski definition) is 0. The number of aromatic nitrogens is 2. The van der Waals surface area contributed by atoms with E-state index < -0.39 is 11.6 Å². The summed E-state index contributed by atoms with van der Waals surface area (Å²) in [5.74, 6) is -1.54. The van der Waals surface area contributed by atoms with E-state index in [1.165, 1.54) is 23.9 Å². The third kappa shape index (κ3) is 6.97. The van der Waals surface area contributed by atoms with Crippen molar-refractivity contribution in [3.63, 3.8) is 0 Å². The SMILES string of the molecule is CN(C)c1ccccc1.Fc1cccc(CSc2nc(Cl)cc(Cl)n2)c1F. The van der Waals surface area contributed by atoms with Crippen LogP contribution in [-0.2, 0) is 5.75 Å². The zero-order valence-corrected chi connectivity index (χ0v) is 17.0. The summed E-state index contributed by atoms with van der Waals surface area (Å²) in [6.07, 6.45) is 0. The van der Waals surface area contributed by atoms with Crippen LogP contribution in [0, 0.1) is 11.6 Å². The summed E-state index contributed by atoms with van der Waals surface area (Å²) in [6, 6.07) is 15.7. The summed E-state index contributed by atoms with van der Waals surface area (Å²) in [6.45, 7) is 0. The van der Waals surface area contributed by atoms with Crippen molar-refractivity contribution in [1.82, 2.24) is 9.97 Å². The van der Waals surface area contributed by atoms with Crippen LogP contribution in [0.25, 0.3) is 0 Å². The van der Waals surface area contributed by atoms with Crippen molar-refractivity contribution in [2.24, 2.45) is 0 Å². The number of anilines is 1. The lowest BCUT2D eigenvalue weighted by Crippen LogP contribution is -2.07. The van der Waals surface area contributed by atoms with Crippen molar-refractivity contribution >= 4 is 40.7 Å². The molecule has 1 aromatic heterocycles. The Morgan fingerprint density at radius 2 is 1.56 bits per heavy atom. The molecule has 3 nitrogen and oxygen atoms in total. The van der Waals surface area contributed by atoms with E-state index in [2.05, 4.69) is 27.0 Å². The quantitative estimate of drug-likeness (QED) is 0.285. The largest absolute Gasteiger partial charge is 0.378 e. The fourth-order valence-corrected chi connectivity index (χ4v) is 3.32. The Hall–Kier alpha value is -1.89. The fraction of sp³-hybridized carbons (Fsp3) is 0.158. The first-order valence-electron chi connectivity index (χ1n) is 7.85. The van der Waals surface area contributed by atoms with Crippen molar-refractivity contribution in [3.8, 4) is 0 Å². The highest BCUT2D eigenvalue weighted by atomic mass is 35.5. The Morgan fingerprint density at radius 3 is 2.11 bits per heavy atom. The molecule has 0 radical (unpaired) electrons. The van der Waals surface area contributed by atoms with Gasteiger partial charge in [-0.3, -0.25) is 0 Å². The molecule has 27 heavy (non-hydrogen) atoms.